The molecule has 0 radical (unpaired) electrons. The second kappa shape index (κ2) is 6.99. The Kier molecular flexibility index (Phi) is 4.90. The maximum Gasteiger partial charge on any atom is 0.159 e. The fourth-order valence-corrected chi connectivity index (χ4v) is 2.72. The topological polar surface area (TPSA) is 79.2 Å². The van der Waals surface area contributed by atoms with Crippen molar-refractivity contribution in [1.29, 1.82) is 5.41 Å². The van der Waals surface area contributed by atoms with E-state index in [1.807, 2.05) is 19.0 Å². The van der Waals surface area contributed by atoms with E-state index in [1.54, 1.807) is 0 Å². The Balaban J connectivity index is 2.03. The van der Waals surface area contributed by atoms with Crippen molar-refractivity contribution in [3.63, 3.8) is 0 Å². The molecule has 0 aliphatic rings. The minimum atomic E-state index is -0.638. The van der Waals surface area contributed by atoms with E-state index in [1.165, 1.54) is 24.3 Å². The molecule has 0 saturated carbocycles. The zero-order chi connectivity index (χ0) is 19.0. The van der Waals surface area contributed by atoms with Crippen molar-refractivity contribution in [3.8, 4) is 0 Å². The number of hydrogen-bond donors (Lipinski definition) is 3. The van der Waals surface area contributed by atoms with Crippen molar-refractivity contribution >= 4 is 34.2 Å². The highest BCUT2D eigenvalue weighted by Gasteiger charge is 2.20. The molecule has 0 atom stereocenters. The smallest absolute Gasteiger partial charge is 0.159 e. The number of rotatable bonds is 4. The Morgan fingerprint density at radius 3 is 2.58 bits per heavy atom. The number of fused-ring (bicyclic) bond motifs is 1. The van der Waals surface area contributed by atoms with Crippen molar-refractivity contribution < 1.29 is 14.0 Å². The van der Waals surface area contributed by atoms with Crippen molar-refractivity contribution in [1.82, 2.24) is 14.9 Å². The lowest BCUT2D eigenvalue weighted by Crippen LogP contribution is -2.27. The first-order valence-electron chi connectivity index (χ1n) is 7.62. The molecular formula is C17H16ClF2N5O. The first-order chi connectivity index (χ1) is 12.3. The Labute approximate surface area is 153 Å². The third kappa shape index (κ3) is 3.39. The molecule has 0 spiro atoms. The molecule has 0 bridgehead atoms. The van der Waals surface area contributed by atoms with Crippen LogP contribution in [-0.4, -0.2) is 40.0 Å². The Morgan fingerprint density at radius 2 is 1.92 bits per heavy atom. The molecule has 26 heavy (non-hydrogen) atoms. The number of amidine groups is 1. The highest BCUT2D eigenvalue weighted by atomic mass is 35.5. The van der Waals surface area contributed by atoms with Crippen LogP contribution in [0.15, 0.2) is 30.3 Å². The number of halogens is 3. The van der Waals surface area contributed by atoms with Crippen molar-refractivity contribution in [2.24, 2.45) is 0 Å². The van der Waals surface area contributed by atoms with E-state index in [0.717, 1.165) is 6.07 Å². The lowest BCUT2D eigenvalue weighted by molar-refractivity contribution is 0.312. The van der Waals surface area contributed by atoms with Crippen LogP contribution in [0, 0.1) is 17.0 Å². The van der Waals surface area contributed by atoms with Crippen LogP contribution in [0.25, 0.3) is 11.0 Å². The Morgan fingerprint density at radius 1 is 1.23 bits per heavy atom. The number of nitrogens with zero attached hydrogens (tertiary/aromatic N) is 3. The summed E-state index contributed by atoms with van der Waals surface area (Å²) in [6.07, 6.45) is 0. The molecule has 136 valence electrons. The van der Waals surface area contributed by atoms with Crippen LogP contribution in [0.4, 0.5) is 14.5 Å². The number of aromatic amines is 1. The van der Waals surface area contributed by atoms with E-state index in [9.17, 15) is 14.0 Å². The fourth-order valence-electron chi connectivity index (χ4n) is 2.54. The first-order valence-corrected chi connectivity index (χ1v) is 8.00. The summed E-state index contributed by atoms with van der Waals surface area (Å²) in [5, 5.41) is 18.9. The number of benzene rings is 2. The molecule has 3 rings (SSSR count). The van der Waals surface area contributed by atoms with Crippen LogP contribution < -0.4 is 5.06 Å². The Hall–Kier alpha value is -2.55. The van der Waals surface area contributed by atoms with E-state index in [0.29, 0.717) is 22.9 Å². The van der Waals surface area contributed by atoms with Gasteiger partial charge in [-0.2, -0.15) is 0 Å². The standard InChI is InChI=1S/C17H16ClF2N5O/c1-24(2)8-14-22-15-10(4-6-13(20)16(15)23-14)17(21)25(26)9-3-5-12(19)11(18)7-9/h3-7,21,26H,8H2,1-2H3,(H,22,23). The van der Waals surface area contributed by atoms with Gasteiger partial charge < -0.3 is 9.88 Å². The van der Waals surface area contributed by atoms with E-state index >= 15 is 0 Å². The minimum Gasteiger partial charge on any atom is -0.340 e. The van der Waals surface area contributed by atoms with Gasteiger partial charge in [0.25, 0.3) is 0 Å². The van der Waals surface area contributed by atoms with Crippen LogP contribution in [0.3, 0.4) is 0 Å². The predicted molar refractivity (Wildman–Crippen MR) is 95.9 cm³/mol. The number of imidazole rings is 1. The van der Waals surface area contributed by atoms with Crippen molar-refractivity contribution in [2.45, 2.75) is 6.54 Å². The third-order valence-electron chi connectivity index (χ3n) is 3.73. The average Bonchev–Trinajstić information content (AvgIpc) is 3.00. The SMILES string of the molecule is CN(C)Cc1nc2c(F)ccc(C(=N)N(O)c3ccc(F)c(Cl)c3)c2[nH]1. The average molecular weight is 380 g/mol. The summed E-state index contributed by atoms with van der Waals surface area (Å²) in [5.41, 5.74) is 0.711. The van der Waals surface area contributed by atoms with Gasteiger partial charge in [-0.15, -0.1) is 0 Å². The molecular weight excluding hydrogens is 364 g/mol. The van der Waals surface area contributed by atoms with E-state index < -0.39 is 11.6 Å². The maximum atomic E-state index is 14.1. The minimum absolute atomic E-state index is 0.0784. The highest BCUT2D eigenvalue weighted by molar-refractivity contribution is 6.31. The van der Waals surface area contributed by atoms with Gasteiger partial charge in [-0.25, -0.2) is 18.8 Å². The summed E-state index contributed by atoms with van der Waals surface area (Å²) in [5.74, 6) is -0.982. The molecule has 3 aromatic rings. The molecule has 0 aliphatic heterocycles. The van der Waals surface area contributed by atoms with Crippen LogP contribution in [0.2, 0.25) is 5.02 Å². The van der Waals surface area contributed by atoms with Gasteiger partial charge in [0.1, 0.15) is 17.2 Å². The first kappa shape index (κ1) is 18.2. The number of anilines is 1. The van der Waals surface area contributed by atoms with E-state index in [-0.39, 0.29) is 27.6 Å². The summed E-state index contributed by atoms with van der Waals surface area (Å²) < 4.78 is 27.4. The number of hydroxylamine groups is 1. The lowest BCUT2D eigenvalue weighted by Gasteiger charge is -2.18. The van der Waals surface area contributed by atoms with Crippen LogP contribution in [0.1, 0.15) is 11.4 Å². The largest absolute Gasteiger partial charge is 0.340 e. The van der Waals surface area contributed by atoms with Crippen LogP contribution in [-0.2, 0) is 6.54 Å². The number of nitrogens with one attached hydrogen (secondary N) is 2. The summed E-state index contributed by atoms with van der Waals surface area (Å²) >= 11 is 5.72. The van der Waals surface area contributed by atoms with Gasteiger partial charge in [0.2, 0.25) is 0 Å². The highest BCUT2D eigenvalue weighted by Crippen LogP contribution is 2.26. The number of aromatic nitrogens is 2. The molecule has 0 aliphatic carbocycles. The molecule has 9 heteroatoms. The Bertz CT molecular complexity index is 989. The summed E-state index contributed by atoms with van der Waals surface area (Å²) in [7, 11) is 3.69. The molecule has 3 N–H and O–H groups in total. The number of hydrogen-bond acceptors (Lipinski definition) is 4. The second-order valence-corrected chi connectivity index (χ2v) is 6.41. The fraction of sp³-hybridized carbons (Fsp3) is 0.176. The van der Waals surface area contributed by atoms with Gasteiger partial charge in [-0.05, 0) is 44.4 Å². The summed E-state index contributed by atoms with van der Waals surface area (Å²) in [6, 6.07) is 6.10. The molecule has 0 saturated heterocycles. The van der Waals surface area contributed by atoms with Crippen molar-refractivity contribution in [3.05, 3.63) is 58.4 Å². The van der Waals surface area contributed by atoms with Gasteiger partial charge in [0, 0.05) is 5.56 Å². The van der Waals surface area contributed by atoms with Crippen LogP contribution in [0.5, 0.6) is 0 Å². The molecule has 0 unspecified atom stereocenters. The molecule has 2 aromatic carbocycles. The van der Waals surface area contributed by atoms with Gasteiger partial charge >= 0.3 is 0 Å². The molecule has 1 aromatic heterocycles. The summed E-state index contributed by atoms with van der Waals surface area (Å²) in [4.78, 5) is 9.06. The predicted octanol–water partition coefficient (Wildman–Crippen LogP) is 3.78. The lowest BCUT2D eigenvalue weighted by atomic mass is 10.1. The zero-order valence-corrected chi connectivity index (χ0v) is 14.8. The second-order valence-electron chi connectivity index (χ2n) is 6.00. The normalized spacial score (nSPS) is 11.3. The molecule has 0 fully saturated rings. The van der Waals surface area contributed by atoms with Gasteiger partial charge in [-0.1, -0.05) is 11.6 Å². The molecule has 1 heterocycles. The summed E-state index contributed by atoms with van der Waals surface area (Å²) in [6.45, 7) is 0.456. The third-order valence-corrected chi connectivity index (χ3v) is 4.02. The maximum absolute atomic E-state index is 14.1. The molecule has 6 nitrogen and oxygen atoms in total. The molecule has 0 amide bonds. The monoisotopic (exact) mass is 379 g/mol. The van der Waals surface area contributed by atoms with Crippen LogP contribution >= 0.6 is 11.6 Å². The quantitative estimate of drug-likeness (QED) is 0.366. The van der Waals surface area contributed by atoms with Gasteiger partial charge in [0.15, 0.2) is 11.7 Å². The zero-order valence-electron chi connectivity index (χ0n) is 14.0. The number of H-pyrrole nitrogens is 1. The van der Waals surface area contributed by atoms with E-state index in [2.05, 4.69) is 9.97 Å². The van der Waals surface area contributed by atoms with Gasteiger partial charge in [0.05, 0.1) is 22.8 Å². The van der Waals surface area contributed by atoms with Crippen molar-refractivity contribution in [2.75, 3.05) is 19.2 Å². The van der Waals surface area contributed by atoms with E-state index in [4.69, 9.17) is 17.0 Å². The van der Waals surface area contributed by atoms with Gasteiger partial charge in [-0.3, -0.25) is 10.6 Å².